The van der Waals surface area contributed by atoms with Crippen LogP contribution in [0.3, 0.4) is 0 Å². The van der Waals surface area contributed by atoms with E-state index in [1.165, 1.54) is 6.08 Å². The van der Waals surface area contributed by atoms with Gasteiger partial charge in [-0.1, -0.05) is 18.2 Å². The minimum atomic E-state index is -0.168. The zero-order valence-corrected chi connectivity index (χ0v) is 17.1. The van der Waals surface area contributed by atoms with Gasteiger partial charge in [0.25, 0.3) is 0 Å². The Kier molecular flexibility index (Phi) is 6.66. The maximum Gasteiger partial charge on any atom is 0.244 e. The van der Waals surface area contributed by atoms with E-state index in [-0.39, 0.29) is 11.9 Å². The normalized spacial score (nSPS) is 12.2. The number of amides is 1. The molecule has 0 aliphatic carbocycles. The van der Waals surface area contributed by atoms with Crippen molar-refractivity contribution in [2.24, 2.45) is 0 Å². The number of hydrogen-bond donors (Lipinski definition) is 1. The second-order valence-corrected chi connectivity index (χ2v) is 7.22. The van der Waals surface area contributed by atoms with E-state index in [0.717, 1.165) is 20.8 Å². The summed E-state index contributed by atoms with van der Waals surface area (Å²) < 4.78 is 12.4. The molecule has 3 aromatic rings. The highest BCUT2D eigenvalue weighted by atomic mass is 32.1. The van der Waals surface area contributed by atoms with Gasteiger partial charge in [-0.25, -0.2) is 4.98 Å². The molecule has 1 unspecified atom stereocenters. The van der Waals surface area contributed by atoms with Crippen molar-refractivity contribution in [3.05, 3.63) is 59.1 Å². The van der Waals surface area contributed by atoms with Crippen LogP contribution in [0, 0.1) is 0 Å². The molecule has 0 fully saturated rings. The second kappa shape index (κ2) is 9.37. The van der Waals surface area contributed by atoms with E-state index in [0.29, 0.717) is 24.7 Å². The van der Waals surface area contributed by atoms with Crippen molar-refractivity contribution in [1.82, 2.24) is 10.3 Å². The first-order valence-electron chi connectivity index (χ1n) is 9.34. The van der Waals surface area contributed by atoms with Crippen LogP contribution >= 0.6 is 11.3 Å². The number of para-hydroxylation sites is 1. The molecule has 2 aromatic carbocycles. The van der Waals surface area contributed by atoms with E-state index >= 15 is 0 Å². The number of carbonyl (C=O) groups excluding carboxylic acids is 1. The molecule has 1 N–H and O–H groups in total. The zero-order chi connectivity index (χ0) is 19.9. The largest absolute Gasteiger partial charge is 0.490 e. The molecule has 0 bridgehead atoms. The van der Waals surface area contributed by atoms with E-state index in [2.05, 4.69) is 10.3 Å². The second-order valence-electron chi connectivity index (χ2n) is 6.16. The highest BCUT2D eigenvalue weighted by Crippen LogP contribution is 2.30. The molecule has 28 heavy (non-hydrogen) atoms. The van der Waals surface area contributed by atoms with Gasteiger partial charge < -0.3 is 14.8 Å². The van der Waals surface area contributed by atoms with Gasteiger partial charge in [-0.05, 0) is 56.7 Å². The highest BCUT2D eigenvalue weighted by Gasteiger charge is 2.12. The van der Waals surface area contributed by atoms with Crippen molar-refractivity contribution in [1.29, 1.82) is 0 Å². The first kappa shape index (κ1) is 19.9. The standard InChI is InChI=1S/C22H24N2O3S/c1-4-26-18-11-10-16(14-19(18)27-5-2)15(3)23-21(25)12-13-22-24-17-8-6-7-9-20(17)28-22/h6-15H,4-5H2,1-3H3,(H,23,25)/b13-12+. The number of nitrogens with zero attached hydrogens (tertiary/aromatic N) is 1. The maximum atomic E-state index is 12.3. The Morgan fingerprint density at radius 1 is 1.14 bits per heavy atom. The molecular formula is C22H24N2O3S. The highest BCUT2D eigenvalue weighted by molar-refractivity contribution is 7.19. The lowest BCUT2D eigenvalue weighted by molar-refractivity contribution is -0.117. The number of hydrogen-bond acceptors (Lipinski definition) is 5. The molecule has 5 nitrogen and oxygen atoms in total. The fourth-order valence-corrected chi connectivity index (χ4v) is 3.66. The molecule has 3 rings (SSSR count). The monoisotopic (exact) mass is 396 g/mol. The van der Waals surface area contributed by atoms with Crippen LogP contribution in [0.4, 0.5) is 0 Å². The molecule has 1 heterocycles. The van der Waals surface area contributed by atoms with Gasteiger partial charge in [-0.3, -0.25) is 4.79 Å². The third-order valence-corrected chi connectivity index (χ3v) is 5.12. The van der Waals surface area contributed by atoms with Gasteiger partial charge in [0.15, 0.2) is 11.5 Å². The van der Waals surface area contributed by atoms with Gasteiger partial charge in [0.05, 0.1) is 29.5 Å². The quantitative estimate of drug-likeness (QED) is 0.545. The van der Waals surface area contributed by atoms with Crippen LogP contribution in [-0.4, -0.2) is 24.1 Å². The number of thiazole rings is 1. The number of aromatic nitrogens is 1. The first-order valence-corrected chi connectivity index (χ1v) is 10.2. The van der Waals surface area contributed by atoms with E-state index in [1.54, 1.807) is 17.4 Å². The minimum absolute atomic E-state index is 0.164. The summed E-state index contributed by atoms with van der Waals surface area (Å²) in [5, 5.41) is 3.78. The molecule has 0 aliphatic rings. The van der Waals surface area contributed by atoms with Crippen molar-refractivity contribution >= 4 is 33.5 Å². The molecule has 0 spiro atoms. The maximum absolute atomic E-state index is 12.3. The molecule has 0 saturated carbocycles. The van der Waals surface area contributed by atoms with Crippen molar-refractivity contribution in [2.45, 2.75) is 26.8 Å². The Morgan fingerprint density at radius 3 is 2.64 bits per heavy atom. The third kappa shape index (κ3) is 4.89. The van der Waals surface area contributed by atoms with Crippen LogP contribution in [-0.2, 0) is 4.79 Å². The van der Waals surface area contributed by atoms with Crippen LogP contribution in [0.2, 0.25) is 0 Å². The molecule has 1 atom stereocenters. The fourth-order valence-electron chi connectivity index (χ4n) is 2.79. The zero-order valence-electron chi connectivity index (χ0n) is 16.3. The van der Waals surface area contributed by atoms with Gasteiger partial charge in [0.1, 0.15) is 5.01 Å². The molecule has 0 aliphatic heterocycles. The average Bonchev–Trinajstić information content (AvgIpc) is 3.11. The van der Waals surface area contributed by atoms with Crippen LogP contribution in [0.1, 0.15) is 37.4 Å². The summed E-state index contributed by atoms with van der Waals surface area (Å²) in [5.74, 6) is 1.23. The first-order chi connectivity index (χ1) is 13.6. The van der Waals surface area contributed by atoms with E-state index in [9.17, 15) is 4.79 Å². The van der Waals surface area contributed by atoms with Crippen molar-refractivity contribution in [3.63, 3.8) is 0 Å². The summed E-state index contributed by atoms with van der Waals surface area (Å²) in [4.78, 5) is 16.8. The smallest absolute Gasteiger partial charge is 0.244 e. The number of rotatable bonds is 8. The molecule has 1 amide bonds. The average molecular weight is 397 g/mol. The van der Waals surface area contributed by atoms with Gasteiger partial charge in [0, 0.05) is 6.08 Å². The van der Waals surface area contributed by atoms with E-state index < -0.39 is 0 Å². The lowest BCUT2D eigenvalue weighted by Gasteiger charge is -2.16. The van der Waals surface area contributed by atoms with Crippen molar-refractivity contribution < 1.29 is 14.3 Å². The summed E-state index contributed by atoms with van der Waals surface area (Å²) in [6.45, 7) is 6.93. The Morgan fingerprint density at radius 2 is 1.89 bits per heavy atom. The lowest BCUT2D eigenvalue weighted by atomic mass is 10.1. The Labute approximate surface area is 169 Å². The Hall–Kier alpha value is -2.86. The van der Waals surface area contributed by atoms with Crippen LogP contribution in [0.5, 0.6) is 11.5 Å². The fraction of sp³-hybridized carbons (Fsp3) is 0.273. The molecule has 0 radical (unpaired) electrons. The molecule has 6 heteroatoms. The summed E-state index contributed by atoms with van der Waals surface area (Å²) >= 11 is 1.56. The predicted molar refractivity (Wildman–Crippen MR) is 114 cm³/mol. The Bertz CT molecular complexity index is 948. The SMILES string of the molecule is CCOc1ccc(C(C)NC(=O)/C=C/c2nc3ccccc3s2)cc1OCC. The van der Waals surface area contributed by atoms with Crippen LogP contribution in [0.25, 0.3) is 16.3 Å². The lowest BCUT2D eigenvalue weighted by Crippen LogP contribution is -2.24. The summed E-state index contributed by atoms with van der Waals surface area (Å²) in [5.41, 5.74) is 1.90. The number of carbonyl (C=O) groups is 1. The molecule has 0 saturated heterocycles. The number of fused-ring (bicyclic) bond motifs is 1. The number of nitrogens with one attached hydrogen (secondary N) is 1. The molecule has 146 valence electrons. The molecular weight excluding hydrogens is 372 g/mol. The Balaban J connectivity index is 1.66. The summed E-state index contributed by atoms with van der Waals surface area (Å²) in [6.07, 6.45) is 3.27. The van der Waals surface area contributed by atoms with Crippen LogP contribution < -0.4 is 14.8 Å². The third-order valence-electron chi connectivity index (χ3n) is 4.11. The van der Waals surface area contributed by atoms with Gasteiger partial charge >= 0.3 is 0 Å². The topological polar surface area (TPSA) is 60.5 Å². The number of benzene rings is 2. The summed E-state index contributed by atoms with van der Waals surface area (Å²) in [7, 11) is 0. The molecule has 1 aromatic heterocycles. The predicted octanol–water partition coefficient (Wildman–Crippen LogP) is 4.98. The van der Waals surface area contributed by atoms with Gasteiger partial charge in [-0.15, -0.1) is 11.3 Å². The minimum Gasteiger partial charge on any atom is -0.490 e. The van der Waals surface area contributed by atoms with Crippen molar-refractivity contribution in [3.8, 4) is 11.5 Å². The van der Waals surface area contributed by atoms with Crippen LogP contribution in [0.15, 0.2) is 48.5 Å². The van der Waals surface area contributed by atoms with E-state index in [1.807, 2.05) is 63.2 Å². The van der Waals surface area contributed by atoms with E-state index in [4.69, 9.17) is 9.47 Å². The summed E-state index contributed by atoms with van der Waals surface area (Å²) in [6, 6.07) is 13.5. The van der Waals surface area contributed by atoms with Crippen molar-refractivity contribution in [2.75, 3.05) is 13.2 Å². The van der Waals surface area contributed by atoms with Gasteiger partial charge in [-0.2, -0.15) is 0 Å². The number of ether oxygens (including phenoxy) is 2. The van der Waals surface area contributed by atoms with Gasteiger partial charge in [0.2, 0.25) is 5.91 Å².